The minimum absolute atomic E-state index is 0.0511. The van der Waals surface area contributed by atoms with Gasteiger partial charge in [-0.15, -0.1) is 0 Å². The van der Waals surface area contributed by atoms with Gasteiger partial charge in [-0.1, -0.05) is 48.9 Å². The summed E-state index contributed by atoms with van der Waals surface area (Å²) in [6.07, 6.45) is 1.45. The lowest BCUT2D eigenvalue weighted by molar-refractivity contribution is -0.129. The number of nitrogens with one attached hydrogen (secondary N) is 1. The Morgan fingerprint density at radius 3 is 2.56 bits per heavy atom. The summed E-state index contributed by atoms with van der Waals surface area (Å²) >= 11 is 5.86. The molecule has 5 nitrogen and oxygen atoms in total. The molecule has 0 aliphatic carbocycles. The average Bonchev–Trinajstić information content (AvgIpc) is 2.63. The summed E-state index contributed by atoms with van der Waals surface area (Å²) in [4.78, 5) is 28.1. The Morgan fingerprint density at radius 1 is 1.20 bits per heavy atom. The molecule has 2 aromatic rings. The van der Waals surface area contributed by atoms with Crippen LogP contribution in [0.25, 0.3) is 0 Å². The molecule has 1 aromatic carbocycles. The zero-order valence-electron chi connectivity index (χ0n) is 14.2. The fourth-order valence-electron chi connectivity index (χ4n) is 2.41. The zero-order valence-corrected chi connectivity index (χ0v) is 15.0. The smallest absolute Gasteiger partial charge is 0.342 e. The van der Waals surface area contributed by atoms with Crippen LogP contribution in [0.15, 0.2) is 48.7 Å². The predicted molar refractivity (Wildman–Crippen MR) is 96.6 cm³/mol. The Bertz CT molecular complexity index is 722. The number of rotatable bonds is 7. The summed E-state index contributed by atoms with van der Waals surface area (Å²) in [6.45, 7) is 4.08. The highest BCUT2D eigenvalue weighted by Crippen LogP contribution is 2.18. The van der Waals surface area contributed by atoms with Crippen LogP contribution in [0.4, 0.5) is 0 Å². The number of halogens is 1. The number of ether oxygens (including phenoxy) is 1. The standard InChI is InChI=1S/C19H21ClN2O3/c1-3-14(15-8-5-4-6-9-15)12-22-18(23)13(2)25-19(24)16-10-7-11-21-17(16)20/h4-11,13-14H,3,12H2,1-2H3,(H,22,23)/t13-,14+/m0/s1. The molecule has 25 heavy (non-hydrogen) atoms. The second-order valence-corrected chi connectivity index (χ2v) is 6.01. The number of benzene rings is 1. The van der Waals surface area contributed by atoms with Gasteiger partial charge in [0.25, 0.3) is 5.91 Å². The van der Waals surface area contributed by atoms with Crippen molar-refractivity contribution < 1.29 is 14.3 Å². The molecule has 132 valence electrons. The van der Waals surface area contributed by atoms with Crippen molar-refractivity contribution in [3.05, 3.63) is 64.9 Å². The van der Waals surface area contributed by atoms with Crippen molar-refractivity contribution in [3.63, 3.8) is 0 Å². The zero-order chi connectivity index (χ0) is 18.2. The number of pyridine rings is 1. The number of esters is 1. The van der Waals surface area contributed by atoms with E-state index in [2.05, 4.69) is 17.2 Å². The first-order chi connectivity index (χ1) is 12.0. The molecule has 2 atom stereocenters. The summed E-state index contributed by atoms with van der Waals surface area (Å²) in [5.74, 6) is -0.806. The summed E-state index contributed by atoms with van der Waals surface area (Å²) in [5, 5.41) is 2.89. The molecule has 2 rings (SSSR count). The van der Waals surface area contributed by atoms with Gasteiger partial charge in [0, 0.05) is 18.7 Å². The molecule has 1 aromatic heterocycles. The molecule has 0 saturated heterocycles. The van der Waals surface area contributed by atoms with Gasteiger partial charge in [0.2, 0.25) is 0 Å². The van der Waals surface area contributed by atoms with Gasteiger partial charge >= 0.3 is 5.97 Å². The lowest BCUT2D eigenvalue weighted by Crippen LogP contribution is -2.38. The Labute approximate surface area is 152 Å². The topological polar surface area (TPSA) is 68.3 Å². The van der Waals surface area contributed by atoms with Crippen molar-refractivity contribution in [2.24, 2.45) is 0 Å². The number of hydrogen-bond acceptors (Lipinski definition) is 4. The van der Waals surface area contributed by atoms with Crippen LogP contribution in [-0.4, -0.2) is 29.5 Å². The first-order valence-electron chi connectivity index (χ1n) is 8.17. The number of carbonyl (C=O) groups excluding carboxylic acids is 2. The molecular formula is C19H21ClN2O3. The number of hydrogen-bond donors (Lipinski definition) is 1. The van der Waals surface area contributed by atoms with Gasteiger partial charge in [-0.05, 0) is 31.0 Å². The molecule has 0 aliphatic rings. The van der Waals surface area contributed by atoms with Crippen molar-refractivity contribution in [2.45, 2.75) is 32.3 Å². The number of carbonyl (C=O) groups is 2. The highest BCUT2D eigenvalue weighted by molar-refractivity contribution is 6.32. The summed E-state index contributed by atoms with van der Waals surface area (Å²) in [5.41, 5.74) is 1.30. The molecule has 1 N–H and O–H groups in total. The van der Waals surface area contributed by atoms with E-state index in [1.54, 1.807) is 6.07 Å². The number of amides is 1. The van der Waals surface area contributed by atoms with Crippen LogP contribution in [0, 0.1) is 0 Å². The normalized spacial score (nSPS) is 12.9. The van der Waals surface area contributed by atoms with Gasteiger partial charge in [-0.2, -0.15) is 0 Å². The van der Waals surface area contributed by atoms with Gasteiger partial charge in [0.05, 0.1) is 5.56 Å². The van der Waals surface area contributed by atoms with E-state index < -0.39 is 12.1 Å². The quantitative estimate of drug-likeness (QED) is 0.605. The minimum Gasteiger partial charge on any atom is -0.449 e. The monoisotopic (exact) mass is 360 g/mol. The van der Waals surface area contributed by atoms with Crippen LogP contribution < -0.4 is 5.32 Å². The van der Waals surface area contributed by atoms with Crippen molar-refractivity contribution in [3.8, 4) is 0 Å². The van der Waals surface area contributed by atoms with Crippen LogP contribution in [0.1, 0.15) is 42.1 Å². The van der Waals surface area contributed by atoms with E-state index >= 15 is 0 Å². The molecule has 6 heteroatoms. The van der Waals surface area contributed by atoms with Crippen molar-refractivity contribution >= 4 is 23.5 Å². The highest BCUT2D eigenvalue weighted by Gasteiger charge is 2.21. The molecule has 1 amide bonds. The maximum absolute atomic E-state index is 12.2. The third-order valence-corrected chi connectivity index (χ3v) is 4.22. The predicted octanol–water partition coefficient (Wildman–Crippen LogP) is 3.59. The van der Waals surface area contributed by atoms with Gasteiger partial charge in [-0.25, -0.2) is 9.78 Å². The minimum atomic E-state index is -0.919. The Morgan fingerprint density at radius 2 is 1.92 bits per heavy atom. The maximum atomic E-state index is 12.2. The average molecular weight is 361 g/mol. The molecule has 0 fully saturated rings. The summed E-state index contributed by atoms with van der Waals surface area (Å²) in [7, 11) is 0. The van der Waals surface area contributed by atoms with E-state index in [0.717, 1.165) is 12.0 Å². The van der Waals surface area contributed by atoms with E-state index in [1.807, 2.05) is 30.3 Å². The molecule has 0 bridgehead atoms. The van der Waals surface area contributed by atoms with Crippen molar-refractivity contribution in [1.82, 2.24) is 10.3 Å². The van der Waals surface area contributed by atoms with Crippen LogP contribution in [0.3, 0.4) is 0 Å². The van der Waals surface area contributed by atoms with Gasteiger partial charge in [0.15, 0.2) is 6.10 Å². The number of aromatic nitrogens is 1. The molecule has 0 unspecified atom stereocenters. The van der Waals surface area contributed by atoms with Crippen molar-refractivity contribution in [1.29, 1.82) is 0 Å². The Balaban J connectivity index is 1.90. The van der Waals surface area contributed by atoms with Crippen LogP contribution in [0.5, 0.6) is 0 Å². The first kappa shape index (κ1) is 18.9. The highest BCUT2D eigenvalue weighted by atomic mass is 35.5. The fraction of sp³-hybridized carbons (Fsp3) is 0.316. The largest absolute Gasteiger partial charge is 0.449 e. The third kappa shape index (κ3) is 5.29. The Hall–Kier alpha value is -2.40. The molecule has 0 radical (unpaired) electrons. The summed E-state index contributed by atoms with van der Waals surface area (Å²) < 4.78 is 5.18. The molecule has 1 heterocycles. The van der Waals surface area contributed by atoms with Crippen molar-refractivity contribution in [2.75, 3.05) is 6.54 Å². The van der Waals surface area contributed by atoms with E-state index in [9.17, 15) is 9.59 Å². The molecule has 0 spiro atoms. The van der Waals surface area contributed by atoms with E-state index in [4.69, 9.17) is 16.3 Å². The summed E-state index contributed by atoms with van der Waals surface area (Å²) in [6, 6.07) is 13.1. The van der Waals surface area contributed by atoms with E-state index in [-0.39, 0.29) is 22.5 Å². The lowest BCUT2D eigenvalue weighted by atomic mass is 9.96. The number of nitrogens with zero attached hydrogens (tertiary/aromatic N) is 1. The SMILES string of the molecule is CC[C@H](CNC(=O)[C@H](C)OC(=O)c1cccnc1Cl)c1ccccc1. The van der Waals surface area contributed by atoms with Gasteiger partial charge in [-0.3, -0.25) is 4.79 Å². The third-order valence-electron chi connectivity index (χ3n) is 3.92. The van der Waals surface area contributed by atoms with Gasteiger partial charge < -0.3 is 10.1 Å². The van der Waals surface area contributed by atoms with Gasteiger partial charge in [0.1, 0.15) is 5.15 Å². The van der Waals surface area contributed by atoms with Crippen LogP contribution in [-0.2, 0) is 9.53 Å². The second-order valence-electron chi connectivity index (χ2n) is 5.65. The molecule has 0 saturated carbocycles. The first-order valence-corrected chi connectivity index (χ1v) is 8.54. The molecule has 0 aliphatic heterocycles. The molecular weight excluding hydrogens is 340 g/mol. The lowest BCUT2D eigenvalue weighted by Gasteiger charge is -2.18. The second kappa shape index (κ2) is 9.18. The Kier molecular flexibility index (Phi) is 6.95. The maximum Gasteiger partial charge on any atom is 0.342 e. The van der Waals surface area contributed by atoms with E-state index in [1.165, 1.54) is 19.2 Å². The van der Waals surface area contributed by atoms with Crippen LogP contribution >= 0.6 is 11.6 Å². The van der Waals surface area contributed by atoms with E-state index in [0.29, 0.717) is 6.54 Å². The fourth-order valence-corrected chi connectivity index (χ4v) is 2.60. The van der Waals surface area contributed by atoms with Crippen LogP contribution in [0.2, 0.25) is 5.15 Å².